The van der Waals surface area contributed by atoms with E-state index in [9.17, 15) is 0 Å². The van der Waals surface area contributed by atoms with Gasteiger partial charge in [0.2, 0.25) is 0 Å². The standard InChI is InChI=1S/C11H18N2O2/c1-13(11(8-14)9-15)7-5-10-4-2-3-6-12-10/h2-4,6,11,14-15H,5,7-9H2,1H3. The molecule has 0 aliphatic rings. The predicted octanol–water partition coefficient (Wildman–Crippen LogP) is -0.0909. The summed E-state index contributed by atoms with van der Waals surface area (Å²) in [5.41, 5.74) is 1.03. The van der Waals surface area contributed by atoms with Gasteiger partial charge in [-0.1, -0.05) is 6.07 Å². The molecule has 15 heavy (non-hydrogen) atoms. The van der Waals surface area contributed by atoms with E-state index in [1.807, 2.05) is 30.1 Å². The lowest BCUT2D eigenvalue weighted by atomic mass is 10.2. The van der Waals surface area contributed by atoms with Gasteiger partial charge in [-0.05, 0) is 19.2 Å². The van der Waals surface area contributed by atoms with Crippen LogP contribution in [-0.4, -0.2) is 52.9 Å². The van der Waals surface area contributed by atoms with Crippen molar-refractivity contribution in [2.75, 3.05) is 26.8 Å². The molecular formula is C11H18N2O2. The van der Waals surface area contributed by atoms with Gasteiger partial charge < -0.3 is 10.2 Å². The van der Waals surface area contributed by atoms with Crippen LogP contribution in [0.4, 0.5) is 0 Å². The zero-order chi connectivity index (χ0) is 11.1. The van der Waals surface area contributed by atoms with Gasteiger partial charge in [-0.3, -0.25) is 9.88 Å². The lowest BCUT2D eigenvalue weighted by molar-refractivity contribution is 0.0923. The van der Waals surface area contributed by atoms with Crippen LogP contribution in [0.2, 0.25) is 0 Å². The van der Waals surface area contributed by atoms with Crippen LogP contribution in [0.15, 0.2) is 24.4 Å². The van der Waals surface area contributed by atoms with Crippen molar-refractivity contribution < 1.29 is 10.2 Å². The molecular weight excluding hydrogens is 192 g/mol. The molecule has 1 heterocycles. The summed E-state index contributed by atoms with van der Waals surface area (Å²) in [7, 11) is 1.89. The number of hydrogen-bond donors (Lipinski definition) is 2. The second-order valence-electron chi connectivity index (χ2n) is 3.57. The molecule has 0 bridgehead atoms. The van der Waals surface area contributed by atoms with Crippen LogP contribution in [0, 0.1) is 0 Å². The SMILES string of the molecule is CN(CCc1ccccn1)C(CO)CO. The first-order valence-electron chi connectivity index (χ1n) is 5.09. The second-order valence-corrected chi connectivity index (χ2v) is 3.57. The van der Waals surface area contributed by atoms with Gasteiger partial charge in [0.05, 0.1) is 19.3 Å². The van der Waals surface area contributed by atoms with E-state index < -0.39 is 0 Å². The van der Waals surface area contributed by atoms with Gasteiger partial charge >= 0.3 is 0 Å². The van der Waals surface area contributed by atoms with Crippen molar-refractivity contribution >= 4 is 0 Å². The van der Waals surface area contributed by atoms with Crippen LogP contribution < -0.4 is 0 Å². The van der Waals surface area contributed by atoms with Crippen molar-refractivity contribution in [1.82, 2.24) is 9.88 Å². The van der Waals surface area contributed by atoms with Gasteiger partial charge in [-0.25, -0.2) is 0 Å². The summed E-state index contributed by atoms with van der Waals surface area (Å²) in [4.78, 5) is 6.15. The minimum absolute atomic E-state index is 0.0186. The maximum Gasteiger partial charge on any atom is 0.0609 e. The molecule has 1 aromatic heterocycles. The Morgan fingerprint density at radius 3 is 2.60 bits per heavy atom. The lowest BCUT2D eigenvalue weighted by Crippen LogP contribution is -2.38. The second kappa shape index (κ2) is 6.50. The number of rotatable bonds is 6. The Labute approximate surface area is 90.2 Å². The Balaban J connectivity index is 2.36. The Kier molecular flexibility index (Phi) is 5.25. The third-order valence-corrected chi connectivity index (χ3v) is 2.49. The number of aromatic nitrogens is 1. The minimum atomic E-state index is -0.172. The number of aliphatic hydroxyl groups excluding tert-OH is 2. The summed E-state index contributed by atoms with van der Waals surface area (Å²) in [6, 6.07) is 5.64. The number of aliphatic hydroxyl groups is 2. The van der Waals surface area contributed by atoms with Crippen molar-refractivity contribution in [3.63, 3.8) is 0 Å². The molecule has 1 aromatic rings. The zero-order valence-electron chi connectivity index (χ0n) is 9.00. The minimum Gasteiger partial charge on any atom is -0.395 e. The van der Waals surface area contributed by atoms with Gasteiger partial charge in [-0.2, -0.15) is 0 Å². The van der Waals surface area contributed by atoms with E-state index in [4.69, 9.17) is 10.2 Å². The molecule has 1 rings (SSSR count). The van der Waals surface area contributed by atoms with Gasteiger partial charge in [0.1, 0.15) is 0 Å². The van der Waals surface area contributed by atoms with Gasteiger partial charge in [0.25, 0.3) is 0 Å². The molecule has 0 unspecified atom stereocenters. The largest absolute Gasteiger partial charge is 0.395 e. The third-order valence-electron chi connectivity index (χ3n) is 2.49. The molecule has 0 saturated carbocycles. The summed E-state index contributed by atoms with van der Waals surface area (Å²) in [6.45, 7) is 0.743. The Morgan fingerprint density at radius 2 is 2.07 bits per heavy atom. The average molecular weight is 210 g/mol. The average Bonchev–Trinajstić information content (AvgIpc) is 2.29. The van der Waals surface area contributed by atoms with Crippen molar-refractivity contribution in [1.29, 1.82) is 0 Å². The number of hydrogen-bond acceptors (Lipinski definition) is 4. The fourth-order valence-electron chi connectivity index (χ4n) is 1.36. The van der Waals surface area contributed by atoms with Crippen molar-refractivity contribution in [2.45, 2.75) is 12.5 Å². The first-order chi connectivity index (χ1) is 7.27. The van der Waals surface area contributed by atoms with Gasteiger partial charge in [0, 0.05) is 24.9 Å². The highest BCUT2D eigenvalue weighted by atomic mass is 16.3. The normalized spacial score (nSPS) is 11.3. The molecule has 0 aromatic carbocycles. The molecule has 4 heteroatoms. The molecule has 0 amide bonds. The van der Waals surface area contributed by atoms with Gasteiger partial charge in [-0.15, -0.1) is 0 Å². The van der Waals surface area contributed by atoms with E-state index in [1.54, 1.807) is 6.20 Å². The van der Waals surface area contributed by atoms with Gasteiger partial charge in [0.15, 0.2) is 0 Å². The lowest BCUT2D eigenvalue weighted by Gasteiger charge is -2.24. The van der Waals surface area contributed by atoms with E-state index in [2.05, 4.69) is 4.98 Å². The third kappa shape index (κ3) is 3.95. The molecule has 0 aliphatic carbocycles. The molecule has 0 aliphatic heterocycles. The van der Waals surface area contributed by atoms with E-state index in [-0.39, 0.29) is 19.3 Å². The Morgan fingerprint density at radius 1 is 1.33 bits per heavy atom. The van der Waals surface area contributed by atoms with Crippen molar-refractivity contribution in [3.05, 3.63) is 30.1 Å². The molecule has 0 fully saturated rings. The van der Waals surface area contributed by atoms with Crippen LogP contribution in [0.3, 0.4) is 0 Å². The van der Waals surface area contributed by atoms with E-state index in [1.165, 1.54) is 0 Å². The summed E-state index contributed by atoms with van der Waals surface area (Å²) < 4.78 is 0. The molecule has 0 spiro atoms. The summed E-state index contributed by atoms with van der Waals surface area (Å²) in [5, 5.41) is 18.0. The number of pyridine rings is 1. The Bertz CT molecular complexity index is 263. The molecule has 0 atom stereocenters. The molecule has 84 valence electrons. The summed E-state index contributed by atoms with van der Waals surface area (Å²) in [6.07, 6.45) is 2.60. The summed E-state index contributed by atoms with van der Waals surface area (Å²) in [5.74, 6) is 0. The van der Waals surface area contributed by atoms with Crippen LogP contribution in [-0.2, 0) is 6.42 Å². The van der Waals surface area contributed by atoms with Crippen LogP contribution >= 0.6 is 0 Å². The van der Waals surface area contributed by atoms with E-state index in [0.29, 0.717) is 0 Å². The van der Waals surface area contributed by atoms with E-state index >= 15 is 0 Å². The first kappa shape index (κ1) is 12.1. The van der Waals surface area contributed by atoms with Crippen molar-refractivity contribution in [3.8, 4) is 0 Å². The summed E-state index contributed by atoms with van der Waals surface area (Å²) >= 11 is 0. The quantitative estimate of drug-likeness (QED) is 0.689. The Hall–Kier alpha value is -0.970. The maximum atomic E-state index is 8.98. The highest BCUT2D eigenvalue weighted by molar-refractivity contribution is 5.03. The van der Waals surface area contributed by atoms with Crippen LogP contribution in [0.5, 0.6) is 0 Å². The van der Waals surface area contributed by atoms with Crippen molar-refractivity contribution in [2.24, 2.45) is 0 Å². The highest BCUT2D eigenvalue weighted by Gasteiger charge is 2.11. The topological polar surface area (TPSA) is 56.6 Å². The predicted molar refractivity (Wildman–Crippen MR) is 58.5 cm³/mol. The molecule has 0 saturated heterocycles. The molecule has 2 N–H and O–H groups in total. The maximum absolute atomic E-state index is 8.98. The number of nitrogens with zero attached hydrogens (tertiary/aromatic N) is 2. The molecule has 0 radical (unpaired) electrons. The van der Waals surface area contributed by atoms with E-state index in [0.717, 1.165) is 18.7 Å². The highest BCUT2D eigenvalue weighted by Crippen LogP contribution is 1.99. The van der Waals surface area contributed by atoms with Crippen LogP contribution in [0.25, 0.3) is 0 Å². The molecule has 4 nitrogen and oxygen atoms in total. The first-order valence-corrected chi connectivity index (χ1v) is 5.09. The smallest absolute Gasteiger partial charge is 0.0609 e. The monoisotopic (exact) mass is 210 g/mol. The zero-order valence-corrected chi connectivity index (χ0v) is 9.00. The number of likely N-dealkylation sites (N-methyl/N-ethyl adjacent to an activating group) is 1. The fraction of sp³-hybridized carbons (Fsp3) is 0.545. The fourth-order valence-corrected chi connectivity index (χ4v) is 1.36. The van der Waals surface area contributed by atoms with Crippen LogP contribution in [0.1, 0.15) is 5.69 Å².